The van der Waals surface area contributed by atoms with Crippen LogP contribution in [0.25, 0.3) is 11.6 Å². The molecule has 1 fully saturated rings. The molecule has 0 bridgehead atoms. The molecule has 1 aromatic carbocycles. The average Bonchev–Trinajstić information content (AvgIpc) is 3.13. The van der Waals surface area contributed by atoms with Crippen LogP contribution in [0.1, 0.15) is 36.5 Å². The molecule has 0 N–H and O–H groups in total. The molecule has 4 rings (SSSR count). The predicted molar refractivity (Wildman–Crippen MR) is 85.2 cm³/mol. The Morgan fingerprint density at radius 1 is 1.19 bits per heavy atom. The highest BCUT2D eigenvalue weighted by Gasteiger charge is 2.71. The Kier molecular flexibility index (Phi) is 2.73. The molecule has 0 amide bonds. The first kappa shape index (κ1) is 13.3. The minimum absolute atomic E-state index is 0.184. The van der Waals surface area contributed by atoms with Crippen LogP contribution in [0.2, 0.25) is 0 Å². The normalized spacial score (nSPS) is 32.0. The Balaban J connectivity index is 2.00. The van der Waals surface area contributed by atoms with Crippen LogP contribution in [0.4, 0.5) is 0 Å². The maximum Gasteiger partial charge on any atom is 0.0718 e. The van der Waals surface area contributed by atoms with Gasteiger partial charge >= 0.3 is 0 Å². The predicted octanol–water partition coefficient (Wildman–Crippen LogP) is 3.81. The molecular formula is C19H22O2. The molecule has 1 aromatic rings. The van der Waals surface area contributed by atoms with Crippen LogP contribution in [0.15, 0.2) is 29.8 Å². The van der Waals surface area contributed by atoms with Gasteiger partial charge in [-0.1, -0.05) is 35.9 Å². The Morgan fingerprint density at radius 2 is 2.05 bits per heavy atom. The molecule has 21 heavy (non-hydrogen) atoms. The molecule has 3 aliphatic rings. The fourth-order valence-corrected chi connectivity index (χ4v) is 4.91. The highest BCUT2D eigenvalue weighted by molar-refractivity contribution is 5.84. The maximum atomic E-state index is 5.63. The van der Waals surface area contributed by atoms with Gasteiger partial charge in [-0.3, -0.25) is 0 Å². The van der Waals surface area contributed by atoms with E-state index in [0.29, 0.717) is 6.61 Å². The van der Waals surface area contributed by atoms with E-state index in [4.69, 9.17) is 9.47 Å². The summed E-state index contributed by atoms with van der Waals surface area (Å²) in [5, 5.41) is 0. The molecule has 2 unspecified atom stereocenters. The lowest BCUT2D eigenvalue weighted by atomic mass is 9.68. The SMILES string of the molecule is COCC1=C(C)C2(COC)CC23CC=Cc2cccc1c23. The molecule has 0 radical (unpaired) electrons. The van der Waals surface area contributed by atoms with Crippen molar-refractivity contribution < 1.29 is 9.47 Å². The van der Waals surface area contributed by atoms with Gasteiger partial charge in [0.2, 0.25) is 0 Å². The first-order valence-electron chi connectivity index (χ1n) is 7.69. The topological polar surface area (TPSA) is 18.5 Å². The summed E-state index contributed by atoms with van der Waals surface area (Å²) in [5.41, 5.74) is 7.63. The smallest absolute Gasteiger partial charge is 0.0718 e. The van der Waals surface area contributed by atoms with Crippen molar-refractivity contribution in [3.63, 3.8) is 0 Å². The second-order valence-corrected chi connectivity index (χ2v) is 6.69. The molecule has 1 spiro atoms. The van der Waals surface area contributed by atoms with Gasteiger partial charge in [0.1, 0.15) is 0 Å². The molecule has 2 nitrogen and oxygen atoms in total. The lowest BCUT2D eigenvalue weighted by Gasteiger charge is -2.37. The van der Waals surface area contributed by atoms with Crippen LogP contribution in [0, 0.1) is 5.41 Å². The summed E-state index contributed by atoms with van der Waals surface area (Å²) >= 11 is 0. The monoisotopic (exact) mass is 282 g/mol. The second-order valence-electron chi connectivity index (χ2n) is 6.69. The van der Waals surface area contributed by atoms with E-state index in [1.807, 2.05) is 7.11 Å². The average molecular weight is 282 g/mol. The zero-order valence-electron chi connectivity index (χ0n) is 13.0. The minimum Gasteiger partial charge on any atom is -0.384 e. The van der Waals surface area contributed by atoms with Crippen molar-refractivity contribution in [1.29, 1.82) is 0 Å². The molecule has 0 saturated heterocycles. The van der Waals surface area contributed by atoms with Crippen molar-refractivity contribution in [1.82, 2.24) is 0 Å². The van der Waals surface area contributed by atoms with Crippen LogP contribution < -0.4 is 0 Å². The summed E-state index contributed by atoms with van der Waals surface area (Å²) in [6.07, 6.45) is 6.97. The first-order chi connectivity index (χ1) is 10.2. The molecule has 0 aromatic heterocycles. The van der Waals surface area contributed by atoms with Gasteiger partial charge in [0.05, 0.1) is 13.2 Å². The van der Waals surface area contributed by atoms with E-state index < -0.39 is 0 Å². The number of ether oxygens (including phenoxy) is 2. The summed E-state index contributed by atoms with van der Waals surface area (Å²) in [7, 11) is 3.61. The summed E-state index contributed by atoms with van der Waals surface area (Å²) in [4.78, 5) is 0. The molecule has 0 heterocycles. The lowest BCUT2D eigenvalue weighted by Crippen LogP contribution is -2.31. The van der Waals surface area contributed by atoms with Gasteiger partial charge in [-0.05, 0) is 42.0 Å². The molecular weight excluding hydrogens is 260 g/mol. The highest BCUT2D eigenvalue weighted by atomic mass is 16.5. The largest absolute Gasteiger partial charge is 0.384 e. The van der Waals surface area contributed by atoms with Crippen molar-refractivity contribution in [2.75, 3.05) is 27.4 Å². The Hall–Kier alpha value is -1.38. The number of benzene rings is 1. The van der Waals surface area contributed by atoms with Gasteiger partial charge in [0, 0.05) is 25.0 Å². The number of hydrogen-bond donors (Lipinski definition) is 0. The fourth-order valence-electron chi connectivity index (χ4n) is 4.91. The second kappa shape index (κ2) is 4.31. The lowest BCUT2D eigenvalue weighted by molar-refractivity contribution is 0.143. The van der Waals surface area contributed by atoms with Gasteiger partial charge in [-0.2, -0.15) is 0 Å². The van der Waals surface area contributed by atoms with Gasteiger partial charge in [0.15, 0.2) is 0 Å². The quantitative estimate of drug-likeness (QED) is 0.836. The van der Waals surface area contributed by atoms with E-state index in [-0.39, 0.29) is 10.8 Å². The molecule has 2 atom stereocenters. The van der Waals surface area contributed by atoms with Crippen LogP contribution >= 0.6 is 0 Å². The Labute approximate surface area is 126 Å². The zero-order valence-corrected chi connectivity index (χ0v) is 13.0. The third-order valence-corrected chi connectivity index (χ3v) is 5.91. The minimum atomic E-state index is 0.184. The molecule has 0 aliphatic heterocycles. The summed E-state index contributed by atoms with van der Waals surface area (Å²) < 4.78 is 11.1. The highest BCUT2D eigenvalue weighted by Crippen LogP contribution is 2.75. The molecule has 2 heteroatoms. The molecule has 3 aliphatic carbocycles. The third-order valence-electron chi connectivity index (χ3n) is 5.91. The van der Waals surface area contributed by atoms with Crippen LogP contribution in [-0.4, -0.2) is 27.4 Å². The van der Waals surface area contributed by atoms with E-state index in [1.54, 1.807) is 12.7 Å². The van der Waals surface area contributed by atoms with Gasteiger partial charge < -0.3 is 9.47 Å². The first-order valence-corrected chi connectivity index (χ1v) is 7.69. The van der Waals surface area contributed by atoms with Crippen molar-refractivity contribution in [3.05, 3.63) is 46.5 Å². The van der Waals surface area contributed by atoms with E-state index in [9.17, 15) is 0 Å². The van der Waals surface area contributed by atoms with E-state index in [2.05, 4.69) is 37.3 Å². The molecule has 110 valence electrons. The zero-order chi connectivity index (χ0) is 14.7. The summed E-state index contributed by atoms with van der Waals surface area (Å²) in [6, 6.07) is 6.69. The van der Waals surface area contributed by atoms with Crippen molar-refractivity contribution >= 4 is 11.6 Å². The van der Waals surface area contributed by atoms with Crippen LogP contribution in [0.5, 0.6) is 0 Å². The van der Waals surface area contributed by atoms with Crippen molar-refractivity contribution in [2.24, 2.45) is 5.41 Å². The van der Waals surface area contributed by atoms with E-state index in [1.165, 1.54) is 28.7 Å². The number of methoxy groups -OCH3 is 2. The van der Waals surface area contributed by atoms with Gasteiger partial charge in [0.25, 0.3) is 0 Å². The van der Waals surface area contributed by atoms with E-state index >= 15 is 0 Å². The van der Waals surface area contributed by atoms with Gasteiger partial charge in [-0.15, -0.1) is 0 Å². The fraction of sp³-hybridized carbons (Fsp3) is 0.474. The number of rotatable bonds is 4. The summed E-state index contributed by atoms with van der Waals surface area (Å²) in [5.74, 6) is 0. The molecule has 1 saturated carbocycles. The maximum absolute atomic E-state index is 5.63. The third kappa shape index (κ3) is 1.45. The van der Waals surface area contributed by atoms with Gasteiger partial charge in [-0.25, -0.2) is 0 Å². The van der Waals surface area contributed by atoms with Crippen molar-refractivity contribution in [3.8, 4) is 0 Å². The van der Waals surface area contributed by atoms with Crippen molar-refractivity contribution in [2.45, 2.75) is 25.2 Å². The summed E-state index contributed by atoms with van der Waals surface area (Å²) in [6.45, 7) is 3.79. The number of allylic oxidation sites excluding steroid dienone is 1. The number of hydrogen-bond acceptors (Lipinski definition) is 2. The Bertz CT molecular complexity index is 670. The van der Waals surface area contributed by atoms with Crippen LogP contribution in [0.3, 0.4) is 0 Å². The Morgan fingerprint density at radius 3 is 2.81 bits per heavy atom. The standard InChI is InChI=1S/C19H22O2/c1-13-16(10-20-2)15-8-4-6-14-7-5-9-18(17(14)15)11-19(13,18)12-21-3/h4-8H,9-12H2,1-3H3. The van der Waals surface area contributed by atoms with E-state index in [0.717, 1.165) is 13.0 Å². The van der Waals surface area contributed by atoms with Crippen LogP contribution in [-0.2, 0) is 14.9 Å².